The fraction of sp³-hybridized carbons (Fsp3) is 0.211. The van der Waals surface area contributed by atoms with E-state index in [0.717, 1.165) is 28.8 Å². The van der Waals surface area contributed by atoms with Crippen molar-refractivity contribution in [3.8, 4) is 0 Å². The molecule has 1 aromatic carbocycles. The Balaban J connectivity index is 2.10. The third-order valence-corrected chi connectivity index (χ3v) is 3.96. The van der Waals surface area contributed by atoms with Crippen LogP contribution in [0.3, 0.4) is 0 Å². The van der Waals surface area contributed by atoms with Crippen LogP contribution in [0.15, 0.2) is 65.5 Å². The van der Waals surface area contributed by atoms with E-state index in [1.54, 1.807) is 19.2 Å². The van der Waals surface area contributed by atoms with Crippen molar-refractivity contribution in [2.45, 2.75) is 12.5 Å². The summed E-state index contributed by atoms with van der Waals surface area (Å²) < 4.78 is 24.3. The number of methoxy groups -OCH3 is 1. The zero-order valence-electron chi connectivity index (χ0n) is 12.8. The number of ether oxygens (including phenoxy) is 2. The molecule has 0 saturated heterocycles. The van der Waals surface area contributed by atoms with Gasteiger partial charge in [-0.05, 0) is 34.9 Å². The Kier molecular flexibility index (Phi) is 4.53. The molecule has 1 heterocycles. The number of carbonyl (C=O) groups excluding carboxylic acids is 1. The van der Waals surface area contributed by atoms with E-state index in [-0.39, 0.29) is 18.5 Å². The van der Waals surface area contributed by atoms with E-state index in [0.29, 0.717) is 12.0 Å². The van der Waals surface area contributed by atoms with Crippen molar-refractivity contribution in [2.75, 3.05) is 13.7 Å². The molecule has 0 N–H and O–H groups in total. The molecule has 118 valence electrons. The smallest absolute Gasteiger partial charge is 0.148 e. The second-order valence-electron chi connectivity index (χ2n) is 5.34. The van der Waals surface area contributed by atoms with E-state index in [4.69, 9.17) is 9.47 Å². The Morgan fingerprint density at radius 3 is 2.78 bits per heavy atom. The van der Waals surface area contributed by atoms with Gasteiger partial charge in [-0.15, -0.1) is 0 Å². The molecule has 3 nitrogen and oxygen atoms in total. The van der Waals surface area contributed by atoms with Gasteiger partial charge in [0.15, 0.2) is 0 Å². The predicted octanol–water partition coefficient (Wildman–Crippen LogP) is 3.59. The van der Waals surface area contributed by atoms with E-state index in [9.17, 15) is 9.18 Å². The average Bonchev–Trinajstić information content (AvgIpc) is 2.56. The van der Waals surface area contributed by atoms with Crippen molar-refractivity contribution in [1.82, 2.24) is 0 Å². The zero-order chi connectivity index (χ0) is 16.2. The Morgan fingerprint density at radius 2 is 2.09 bits per heavy atom. The van der Waals surface area contributed by atoms with Crippen molar-refractivity contribution in [3.05, 3.63) is 76.9 Å². The van der Waals surface area contributed by atoms with Gasteiger partial charge in [-0.1, -0.05) is 30.4 Å². The maximum Gasteiger partial charge on any atom is 0.148 e. The molecule has 0 spiro atoms. The molecule has 0 saturated carbocycles. The number of allylic oxidation sites excluding steroid dienone is 3. The van der Waals surface area contributed by atoms with Gasteiger partial charge in [0.25, 0.3) is 0 Å². The van der Waals surface area contributed by atoms with Crippen LogP contribution in [0.25, 0.3) is 5.57 Å². The Morgan fingerprint density at radius 1 is 1.30 bits per heavy atom. The van der Waals surface area contributed by atoms with E-state index in [1.165, 1.54) is 12.1 Å². The molecular formula is C19H17FO3. The molecule has 1 aliphatic heterocycles. The van der Waals surface area contributed by atoms with Gasteiger partial charge in [0.1, 0.15) is 18.2 Å². The number of carbonyl (C=O) groups is 1. The van der Waals surface area contributed by atoms with Gasteiger partial charge < -0.3 is 9.47 Å². The van der Waals surface area contributed by atoms with Crippen molar-refractivity contribution in [2.24, 2.45) is 0 Å². The average molecular weight is 312 g/mol. The first-order valence-electron chi connectivity index (χ1n) is 7.40. The van der Waals surface area contributed by atoms with Crippen LogP contribution in [0.1, 0.15) is 12.0 Å². The summed E-state index contributed by atoms with van der Waals surface area (Å²) in [4.78, 5) is 11.5. The van der Waals surface area contributed by atoms with Crippen LogP contribution in [0.4, 0.5) is 4.39 Å². The summed E-state index contributed by atoms with van der Waals surface area (Å²) in [5, 5.41) is 0. The lowest BCUT2D eigenvalue weighted by molar-refractivity contribution is -0.105. The molecule has 0 amide bonds. The summed E-state index contributed by atoms with van der Waals surface area (Å²) in [6.45, 7) is 0.239. The van der Waals surface area contributed by atoms with Crippen LogP contribution in [-0.4, -0.2) is 26.1 Å². The second-order valence-corrected chi connectivity index (χ2v) is 5.34. The fourth-order valence-corrected chi connectivity index (χ4v) is 2.80. The number of rotatable bonds is 3. The molecule has 23 heavy (non-hydrogen) atoms. The summed E-state index contributed by atoms with van der Waals surface area (Å²) in [5.41, 5.74) is 3.10. The first-order chi connectivity index (χ1) is 11.2. The molecule has 0 fully saturated rings. The molecule has 1 aromatic rings. The fourth-order valence-electron chi connectivity index (χ4n) is 2.80. The van der Waals surface area contributed by atoms with Gasteiger partial charge in [-0.2, -0.15) is 0 Å². The van der Waals surface area contributed by atoms with Crippen molar-refractivity contribution in [3.63, 3.8) is 0 Å². The van der Waals surface area contributed by atoms with Gasteiger partial charge >= 0.3 is 0 Å². The predicted molar refractivity (Wildman–Crippen MR) is 86.1 cm³/mol. The molecular weight excluding hydrogens is 295 g/mol. The summed E-state index contributed by atoms with van der Waals surface area (Å²) >= 11 is 0. The molecule has 1 aliphatic carbocycles. The van der Waals surface area contributed by atoms with Gasteiger partial charge in [0.2, 0.25) is 0 Å². The highest BCUT2D eigenvalue weighted by Gasteiger charge is 2.26. The van der Waals surface area contributed by atoms with E-state index in [2.05, 4.69) is 0 Å². The van der Waals surface area contributed by atoms with Gasteiger partial charge in [0, 0.05) is 12.0 Å². The number of benzene rings is 1. The topological polar surface area (TPSA) is 35.5 Å². The minimum Gasteiger partial charge on any atom is -0.501 e. The number of fused-ring (bicyclic) bond motifs is 1. The largest absolute Gasteiger partial charge is 0.501 e. The second kappa shape index (κ2) is 6.75. The molecule has 0 bridgehead atoms. The van der Waals surface area contributed by atoms with Crippen LogP contribution in [0.5, 0.6) is 0 Å². The van der Waals surface area contributed by atoms with Crippen LogP contribution in [0.2, 0.25) is 0 Å². The highest BCUT2D eigenvalue weighted by atomic mass is 19.1. The quantitative estimate of drug-likeness (QED) is 0.800. The lowest BCUT2D eigenvalue weighted by atomic mass is 9.86. The van der Waals surface area contributed by atoms with E-state index < -0.39 is 0 Å². The van der Waals surface area contributed by atoms with Crippen LogP contribution >= 0.6 is 0 Å². The monoisotopic (exact) mass is 312 g/mol. The Labute approximate surface area is 134 Å². The third kappa shape index (κ3) is 3.17. The molecule has 4 heteroatoms. The SMILES string of the molecule is CO/C1=C/C=CC2OCC(C=O)=C(c3ccc(F)cc3)/C2=C/C1. The lowest BCUT2D eigenvalue weighted by Crippen LogP contribution is -2.24. The van der Waals surface area contributed by atoms with Gasteiger partial charge in [-0.3, -0.25) is 4.79 Å². The summed E-state index contributed by atoms with van der Waals surface area (Å²) in [7, 11) is 1.63. The molecule has 0 aromatic heterocycles. The highest BCUT2D eigenvalue weighted by Crippen LogP contribution is 2.35. The number of hydrogen-bond acceptors (Lipinski definition) is 3. The number of hydrogen-bond donors (Lipinski definition) is 0. The Bertz CT molecular complexity index is 723. The maximum absolute atomic E-state index is 13.2. The first-order valence-corrected chi connectivity index (χ1v) is 7.40. The van der Waals surface area contributed by atoms with Gasteiger partial charge in [0.05, 0.1) is 19.5 Å². The normalized spacial score (nSPS) is 25.4. The standard InChI is InChI=1S/C19H17FO3/c1-22-16-3-2-4-18-17(10-9-16)19(14(11-21)12-23-18)13-5-7-15(20)8-6-13/h2-8,10-11,18H,9,12H2,1H3/b4-2?,16-3+,17-10+. The van der Waals surface area contributed by atoms with Crippen LogP contribution < -0.4 is 0 Å². The molecule has 1 unspecified atom stereocenters. The lowest BCUT2D eigenvalue weighted by Gasteiger charge is -2.28. The van der Waals surface area contributed by atoms with E-state index >= 15 is 0 Å². The third-order valence-electron chi connectivity index (χ3n) is 3.96. The number of aldehydes is 1. The van der Waals surface area contributed by atoms with E-state index in [1.807, 2.05) is 24.3 Å². The minimum atomic E-state index is -0.304. The van der Waals surface area contributed by atoms with Crippen LogP contribution in [0, 0.1) is 5.82 Å². The van der Waals surface area contributed by atoms with Crippen molar-refractivity contribution < 1.29 is 18.7 Å². The van der Waals surface area contributed by atoms with Crippen molar-refractivity contribution >= 4 is 11.9 Å². The minimum absolute atomic E-state index is 0.228. The molecule has 1 atom stereocenters. The van der Waals surface area contributed by atoms with Crippen LogP contribution in [-0.2, 0) is 14.3 Å². The maximum atomic E-state index is 13.2. The molecule has 0 radical (unpaired) electrons. The molecule has 2 aliphatic rings. The summed E-state index contributed by atoms with van der Waals surface area (Å²) in [5.74, 6) is 0.519. The number of halogens is 1. The highest BCUT2D eigenvalue weighted by molar-refractivity contribution is 5.96. The van der Waals surface area contributed by atoms with Crippen molar-refractivity contribution in [1.29, 1.82) is 0 Å². The first kappa shape index (κ1) is 15.4. The van der Waals surface area contributed by atoms with Gasteiger partial charge in [-0.25, -0.2) is 4.39 Å². The zero-order valence-corrected chi connectivity index (χ0v) is 12.8. The Hall–Kier alpha value is -2.46. The molecule has 3 rings (SSSR count). The summed E-state index contributed by atoms with van der Waals surface area (Å²) in [6.07, 6.45) is 8.91. The summed E-state index contributed by atoms with van der Waals surface area (Å²) in [6, 6.07) is 6.17.